The fraction of sp³-hybridized carbons (Fsp3) is 0.143. The van der Waals surface area contributed by atoms with Crippen LogP contribution >= 0.6 is 45.4 Å². The van der Waals surface area contributed by atoms with Crippen LogP contribution in [0.4, 0.5) is 0 Å². The van der Waals surface area contributed by atoms with Crippen LogP contribution in [0.3, 0.4) is 0 Å². The molecule has 0 aliphatic heterocycles. The third-order valence-electron chi connectivity index (χ3n) is 1.23. The molecule has 0 unspecified atom stereocenters. The van der Waals surface area contributed by atoms with Gasteiger partial charge in [0.05, 0.1) is 14.0 Å². The molecule has 0 aromatic heterocycles. The summed E-state index contributed by atoms with van der Waals surface area (Å²) in [7, 11) is -1.08. The second-order valence-corrected chi connectivity index (χ2v) is 9.16. The van der Waals surface area contributed by atoms with Gasteiger partial charge in [-0.05, 0) is 0 Å². The Bertz CT molecular complexity index is 205. The van der Waals surface area contributed by atoms with Gasteiger partial charge in [-0.3, -0.25) is 0 Å². The lowest BCUT2D eigenvalue weighted by Gasteiger charge is -1.97. The maximum atomic E-state index is 5.64. The number of rotatable bonds is 2. The smallest absolute Gasteiger partial charge is 0.155 e. The molecule has 0 spiro atoms. The van der Waals surface area contributed by atoms with Crippen LogP contribution in [0.1, 0.15) is 0 Å². The molecule has 0 aliphatic rings. The van der Waals surface area contributed by atoms with Gasteiger partial charge in [-0.1, -0.05) is 35.5 Å². The second-order valence-electron chi connectivity index (χ2n) is 2.18. The molecule has 0 N–H and O–H groups in total. The summed E-state index contributed by atoms with van der Waals surface area (Å²) in [5, 5.41) is 1.32. The highest BCUT2D eigenvalue weighted by molar-refractivity contribution is 7.22. The van der Waals surface area contributed by atoms with E-state index in [1.807, 2.05) is 18.2 Å². The van der Waals surface area contributed by atoms with Crippen molar-refractivity contribution in [2.45, 2.75) is 4.46 Å². The third kappa shape index (κ3) is 9.13. The quantitative estimate of drug-likeness (QED) is 0.442. The van der Waals surface area contributed by atoms with Crippen LogP contribution < -0.4 is 5.19 Å². The van der Waals surface area contributed by atoms with E-state index in [0.717, 1.165) is 0 Å². The van der Waals surface area contributed by atoms with Gasteiger partial charge < -0.3 is 0 Å². The summed E-state index contributed by atoms with van der Waals surface area (Å²) in [6.07, 6.45) is 0. The summed E-state index contributed by atoms with van der Waals surface area (Å²) in [6, 6.07) is 10.2. The lowest BCUT2D eigenvalue weighted by molar-refractivity contribution is 1.75. The molecule has 74 valence electrons. The van der Waals surface area contributed by atoms with Gasteiger partial charge in [-0.2, -0.15) is 22.2 Å². The molecule has 0 radical (unpaired) electrons. The number of alkyl halides is 2. The van der Waals surface area contributed by atoms with Crippen molar-refractivity contribution >= 4 is 68.2 Å². The average Bonchev–Trinajstić information content (AvgIpc) is 2.06. The van der Waals surface area contributed by atoms with Crippen molar-refractivity contribution in [2.75, 3.05) is 0 Å². The van der Waals surface area contributed by atoms with E-state index in [-0.39, 0.29) is 4.46 Å². The highest BCUT2D eigenvalue weighted by atomic mass is 35.7. The monoisotopic (exact) mass is 290 g/mol. The van der Waals surface area contributed by atoms with Crippen molar-refractivity contribution in [2.24, 2.45) is 0 Å². The average molecular weight is 292 g/mol. The van der Waals surface area contributed by atoms with Crippen LogP contribution in [-0.2, 0) is 0 Å². The van der Waals surface area contributed by atoms with Gasteiger partial charge >= 0.3 is 0 Å². The van der Waals surface area contributed by atoms with E-state index >= 15 is 0 Å². The molecule has 1 aromatic rings. The number of hydrogen-bond donors (Lipinski definition) is 0. The summed E-state index contributed by atoms with van der Waals surface area (Å²) in [4.78, 5) is 0. The number of benzene rings is 1. The molecule has 0 amide bonds. The topological polar surface area (TPSA) is 0 Å². The molecule has 0 aliphatic carbocycles. The molecule has 0 saturated heterocycles. The minimum absolute atomic E-state index is 0.151. The van der Waals surface area contributed by atoms with Crippen LogP contribution in [-0.4, -0.2) is 22.1 Å². The molecule has 13 heavy (non-hydrogen) atoms. The van der Waals surface area contributed by atoms with Crippen LogP contribution in [0.25, 0.3) is 0 Å². The zero-order valence-corrected chi connectivity index (χ0v) is 12.7. The maximum absolute atomic E-state index is 5.64. The zero-order valence-electron chi connectivity index (χ0n) is 6.89. The van der Waals surface area contributed by atoms with Crippen molar-refractivity contribution in [3.63, 3.8) is 0 Å². The maximum Gasteiger partial charge on any atom is 0.222 e. The summed E-state index contributed by atoms with van der Waals surface area (Å²) in [5.41, 5.74) is 0. The molecule has 6 heteroatoms. The van der Waals surface area contributed by atoms with Crippen LogP contribution in [0, 0.1) is 0 Å². The summed E-state index contributed by atoms with van der Waals surface area (Å²) in [6.45, 7) is 0. The Morgan fingerprint density at radius 3 is 1.85 bits per heavy atom. The molecule has 0 saturated carbocycles. The Balaban J connectivity index is 0.000000424. The normalized spacial score (nSPS) is 10.2. The Morgan fingerprint density at radius 2 is 1.46 bits per heavy atom. The van der Waals surface area contributed by atoms with Gasteiger partial charge in [-0.15, -0.1) is 23.2 Å². The molecule has 1 rings (SSSR count). The highest BCUT2D eigenvalue weighted by Crippen LogP contribution is 1.97. The zero-order chi connectivity index (χ0) is 10.1. The first kappa shape index (κ1) is 13.8. The van der Waals surface area contributed by atoms with Crippen molar-refractivity contribution in [1.29, 1.82) is 0 Å². The van der Waals surface area contributed by atoms with Gasteiger partial charge in [-0.25, -0.2) is 0 Å². The predicted molar refractivity (Wildman–Crippen MR) is 70.4 cm³/mol. The molecule has 0 fully saturated rings. The highest BCUT2D eigenvalue weighted by Gasteiger charge is 1.99. The van der Waals surface area contributed by atoms with E-state index in [9.17, 15) is 0 Å². The molecular weight excluding hydrogens is 282 g/mol. The lowest BCUT2D eigenvalue weighted by atomic mass is 10.4. The summed E-state index contributed by atoms with van der Waals surface area (Å²) >= 11 is 21.1. The largest absolute Gasteiger partial charge is 0.222 e. The van der Waals surface area contributed by atoms with E-state index in [1.54, 1.807) is 0 Å². The van der Waals surface area contributed by atoms with Crippen LogP contribution in [0.15, 0.2) is 30.3 Å². The van der Waals surface area contributed by atoms with E-state index in [2.05, 4.69) is 12.1 Å². The first-order valence-electron chi connectivity index (χ1n) is 3.64. The Kier molecular flexibility index (Phi) is 9.96. The van der Waals surface area contributed by atoms with E-state index in [0.29, 0.717) is 0 Å². The lowest BCUT2D eigenvalue weighted by Crippen LogP contribution is -2.19. The number of halogens is 4. The minimum Gasteiger partial charge on any atom is -0.155 e. The minimum atomic E-state index is -0.639. The first-order chi connectivity index (χ1) is 6.20. The van der Waals surface area contributed by atoms with Gasteiger partial charge in [0.2, 0.25) is 8.14 Å². The molecule has 0 bridgehead atoms. The Morgan fingerprint density at radius 1 is 1.00 bits per heavy atom. The Hall–Kier alpha value is 0.814. The molecule has 0 atom stereocenters. The van der Waals surface area contributed by atoms with Gasteiger partial charge in [0.25, 0.3) is 0 Å². The van der Waals surface area contributed by atoms with Crippen molar-refractivity contribution in [3.8, 4) is 0 Å². The van der Waals surface area contributed by atoms with Crippen LogP contribution in [0.2, 0.25) is 0 Å². The first-order valence-corrected chi connectivity index (χ1v) is 10.3. The second kappa shape index (κ2) is 9.37. The van der Waals surface area contributed by atoms with Gasteiger partial charge in [0.15, 0.2) is 0 Å². The molecule has 0 heterocycles. The molecule has 1 aromatic carbocycles. The third-order valence-corrected chi connectivity index (χ3v) is 3.41. The molecular formula is C7H10Cl4Si2. The summed E-state index contributed by atoms with van der Waals surface area (Å²) < 4.78 is -0.151. The van der Waals surface area contributed by atoms with Crippen molar-refractivity contribution in [1.82, 2.24) is 0 Å². The number of hydrogen-bond acceptors (Lipinski definition) is 0. The standard InChI is InChI=1S/C7H8Cl2Si.Cl2H2Si/c8-7(9)10-6-4-2-1-3-5-6;1-3-2/h1-5,7H,10H2;3H2. The predicted octanol–water partition coefficient (Wildman–Crippen LogP) is 1.70. The SMILES string of the molecule is ClC(Cl)[SiH2]c1ccccc1.Cl[SiH2]Cl. The van der Waals surface area contributed by atoms with Gasteiger partial charge in [0, 0.05) is 0 Å². The summed E-state index contributed by atoms with van der Waals surface area (Å²) in [5.74, 6) is 0. The fourth-order valence-electron chi connectivity index (χ4n) is 0.792. The van der Waals surface area contributed by atoms with E-state index < -0.39 is 17.7 Å². The van der Waals surface area contributed by atoms with Crippen molar-refractivity contribution < 1.29 is 0 Å². The van der Waals surface area contributed by atoms with E-state index in [4.69, 9.17) is 45.4 Å². The van der Waals surface area contributed by atoms with Crippen LogP contribution in [0.5, 0.6) is 0 Å². The van der Waals surface area contributed by atoms with Gasteiger partial charge in [0.1, 0.15) is 0 Å². The van der Waals surface area contributed by atoms with E-state index in [1.165, 1.54) is 5.19 Å². The fourth-order valence-corrected chi connectivity index (χ4v) is 2.76. The van der Waals surface area contributed by atoms with Crippen molar-refractivity contribution in [3.05, 3.63) is 30.3 Å². The Labute approximate surface area is 103 Å². The molecule has 0 nitrogen and oxygen atoms in total.